The van der Waals surface area contributed by atoms with E-state index in [0.717, 1.165) is 42.6 Å². The van der Waals surface area contributed by atoms with Crippen LogP contribution in [0.15, 0.2) is 78.9 Å². The van der Waals surface area contributed by atoms with Crippen LogP contribution < -0.4 is 10.1 Å². The van der Waals surface area contributed by atoms with Gasteiger partial charge in [-0.15, -0.1) is 0 Å². The molecule has 0 radical (unpaired) electrons. The first-order chi connectivity index (χ1) is 15.2. The van der Waals surface area contributed by atoms with Crippen LogP contribution in [-0.2, 0) is 13.2 Å². The van der Waals surface area contributed by atoms with Crippen molar-refractivity contribution in [2.75, 3.05) is 18.4 Å². The fourth-order valence-corrected chi connectivity index (χ4v) is 4.03. The number of ether oxygens (including phenoxy) is 1. The molecule has 1 atom stereocenters. The molecule has 0 aromatic heterocycles. The van der Waals surface area contributed by atoms with E-state index >= 15 is 0 Å². The van der Waals surface area contributed by atoms with Gasteiger partial charge in [-0.25, -0.2) is 0 Å². The van der Waals surface area contributed by atoms with Crippen LogP contribution in [0.5, 0.6) is 5.75 Å². The van der Waals surface area contributed by atoms with Crippen molar-refractivity contribution in [3.05, 3.63) is 95.6 Å². The predicted molar refractivity (Wildman–Crippen MR) is 125 cm³/mol. The van der Waals surface area contributed by atoms with Crippen molar-refractivity contribution in [3.63, 3.8) is 0 Å². The number of rotatable bonds is 7. The Morgan fingerprint density at radius 1 is 0.968 bits per heavy atom. The molecule has 1 N–H and O–H groups in total. The van der Waals surface area contributed by atoms with Crippen LogP contribution in [0.1, 0.15) is 41.3 Å². The van der Waals surface area contributed by atoms with E-state index in [2.05, 4.69) is 29.3 Å². The molecule has 0 aliphatic carbocycles. The number of nitrogens with one attached hydrogen (secondary N) is 1. The van der Waals surface area contributed by atoms with Crippen LogP contribution >= 0.6 is 0 Å². The lowest BCUT2D eigenvalue weighted by molar-refractivity contribution is 0.102. The second-order valence-electron chi connectivity index (χ2n) is 8.43. The Bertz CT molecular complexity index is 968. The summed E-state index contributed by atoms with van der Waals surface area (Å²) in [6.45, 7) is 6.12. The summed E-state index contributed by atoms with van der Waals surface area (Å²) in [6, 6.07) is 25.5. The van der Waals surface area contributed by atoms with E-state index < -0.39 is 0 Å². The van der Waals surface area contributed by atoms with Crippen molar-refractivity contribution in [3.8, 4) is 5.75 Å². The van der Waals surface area contributed by atoms with Crippen LogP contribution in [0, 0.1) is 5.92 Å². The summed E-state index contributed by atoms with van der Waals surface area (Å²) in [5.74, 6) is 1.45. The van der Waals surface area contributed by atoms with E-state index in [-0.39, 0.29) is 5.91 Å². The number of hydrogen-bond acceptors (Lipinski definition) is 3. The highest BCUT2D eigenvalue weighted by atomic mass is 16.5. The number of likely N-dealkylation sites (tertiary alicyclic amines) is 1. The van der Waals surface area contributed by atoms with Crippen LogP contribution in [-0.4, -0.2) is 23.9 Å². The van der Waals surface area contributed by atoms with Gasteiger partial charge in [-0.3, -0.25) is 9.69 Å². The fourth-order valence-electron chi connectivity index (χ4n) is 4.03. The molecule has 4 heteroatoms. The number of piperidine rings is 1. The quantitative estimate of drug-likeness (QED) is 0.535. The Kier molecular flexibility index (Phi) is 7.00. The lowest BCUT2D eigenvalue weighted by Crippen LogP contribution is -2.33. The highest BCUT2D eigenvalue weighted by Gasteiger charge is 2.16. The van der Waals surface area contributed by atoms with Crippen molar-refractivity contribution in [2.24, 2.45) is 5.92 Å². The first-order valence-corrected chi connectivity index (χ1v) is 11.0. The summed E-state index contributed by atoms with van der Waals surface area (Å²) in [5.41, 5.74) is 3.80. The number of carbonyl (C=O) groups excluding carboxylic acids is 1. The van der Waals surface area contributed by atoms with Crippen molar-refractivity contribution in [2.45, 2.75) is 32.9 Å². The van der Waals surface area contributed by atoms with E-state index in [4.69, 9.17) is 4.74 Å². The predicted octanol–water partition coefficient (Wildman–Crippen LogP) is 5.75. The average molecular weight is 415 g/mol. The molecule has 0 bridgehead atoms. The number of carbonyl (C=O) groups is 1. The van der Waals surface area contributed by atoms with Gasteiger partial charge >= 0.3 is 0 Å². The second-order valence-corrected chi connectivity index (χ2v) is 8.43. The van der Waals surface area contributed by atoms with E-state index in [1.165, 1.54) is 18.4 Å². The van der Waals surface area contributed by atoms with E-state index in [1.807, 2.05) is 66.7 Å². The summed E-state index contributed by atoms with van der Waals surface area (Å²) in [4.78, 5) is 15.1. The SMILES string of the molecule is C[C@H]1CCCN(Cc2ccc(C(=O)Nc3ccc(OCc4ccccc4)cc3)cc2)C1. The molecular weight excluding hydrogens is 384 g/mol. The largest absolute Gasteiger partial charge is 0.489 e. The maximum atomic E-state index is 12.6. The lowest BCUT2D eigenvalue weighted by Gasteiger charge is -2.30. The highest BCUT2D eigenvalue weighted by Crippen LogP contribution is 2.20. The molecule has 0 unspecified atom stereocenters. The third-order valence-electron chi connectivity index (χ3n) is 5.72. The van der Waals surface area contributed by atoms with Gasteiger partial charge in [0.2, 0.25) is 0 Å². The molecule has 0 saturated carbocycles. The maximum absolute atomic E-state index is 12.6. The molecule has 31 heavy (non-hydrogen) atoms. The maximum Gasteiger partial charge on any atom is 0.255 e. The van der Waals surface area contributed by atoms with Crippen LogP contribution in [0.25, 0.3) is 0 Å². The van der Waals surface area contributed by atoms with Crippen LogP contribution in [0.3, 0.4) is 0 Å². The monoisotopic (exact) mass is 414 g/mol. The highest BCUT2D eigenvalue weighted by molar-refractivity contribution is 6.04. The minimum atomic E-state index is -0.101. The molecule has 4 nitrogen and oxygen atoms in total. The minimum Gasteiger partial charge on any atom is -0.489 e. The van der Waals surface area contributed by atoms with Crippen molar-refractivity contribution in [1.29, 1.82) is 0 Å². The van der Waals surface area contributed by atoms with Crippen LogP contribution in [0.4, 0.5) is 5.69 Å². The van der Waals surface area contributed by atoms with Gasteiger partial charge in [-0.05, 0) is 72.8 Å². The Morgan fingerprint density at radius 3 is 2.42 bits per heavy atom. The number of benzene rings is 3. The van der Waals surface area contributed by atoms with Gasteiger partial charge in [-0.1, -0.05) is 49.4 Å². The zero-order valence-electron chi connectivity index (χ0n) is 18.1. The van der Waals surface area contributed by atoms with Gasteiger partial charge in [-0.2, -0.15) is 0 Å². The third-order valence-corrected chi connectivity index (χ3v) is 5.72. The zero-order valence-corrected chi connectivity index (χ0v) is 18.1. The summed E-state index contributed by atoms with van der Waals surface area (Å²) >= 11 is 0. The number of amides is 1. The third kappa shape index (κ3) is 6.19. The fraction of sp³-hybridized carbons (Fsp3) is 0.296. The summed E-state index contributed by atoms with van der Waals surface area (Å²) in [5, 5.41) is 2.96. The molecule has 1 fully saturated rings. The smallest absolute Gasteiger partial charge is 0.255 e. The number of anilines is 1. The molecule has 160 valence electrons. The van der Waals surface area contributed by atoms with Gasteiger partial charge in [0.1, 0.15) is 12.4 Å². The van der Waals surface area contributed by atoms with Gasteiger partial charge in [0.15, 0.2) is 0 Å². The Hall–Kier alpha value is -3.11. The molecule has 4 rings (SSSR count). The average Bonchev–Trinajstić information content (AvgIpc) is 2.80. The molecule has 1 saturated heterocycles. The summed E-state index contributed by atoms with van der Waals surface area (Å²) in [7, 11) is 0. The van der Waals surface area contributed by atoms with Crippen molar-refractivity contribution >= 4 is 11.6 Å². The minimum absolute atomic E-state index is 0.101. The van der Waals surface area contributed by atoms with E-state index in [0.29, 0.717) is 12.2 Å². The van der Waals surface area contributed by atoms with Crippen molar-refractivity contribution in [1.82, 2.24) is 4.90 Å². The number of nitrogens with zero attached hydrogens (tertiary/aromatic N) is 1. The molecule has 0 spiro atoms. The first kappa shape index (κ1) is 21.1. The topological polar surface area (TPSA) is 41.6 Å². The van der Waals surface area contributed by atoms with Gasteiger partial charge in [0, 0.05) is 24.3 Å². The Labute approximate surface area is 184 Å². The van der Waals surface area contributed by atoms with E-state index in [9.17, 15) is 4.79 Å². The molecule has 1 aliphatic heterocycles. The van der Waals surface area contributed by atoms with Crippen LogP contribution in [0.2, 0.25) is 0 Å². The molecule has 1 aliphatic rings. The van der Waals surface area contributed by atoms with Gasteiger partial charge < -0.3 is 10.1 Å². The van der Waals surface area contributed by atoms with Gasteiger partial charge in [0.25, 0.3) is 5.91 Å². The Balaban J connectivity index is 1.28. The van der Waals surface area contributed by atoms with Gasteiger partial charge in [0.05, 0.1) is 0 Å². The standard InChI is InChI=1S/C27H30N2O2/c1-21-6-5-17-29(18-21)19-22-9-11-24(12-10-22)27(30)28-25-13-15-26(16-14-25)31-20-23-7-3-2-4-8-23/h2-4,7-16,21H,5-6,17-20H2,1H3,(H,28,30)/t21-/m0/s1. The molecule has 1 amide bonds. The first-order valence-electron chi connectivity index (χ1n) is 11.0. The Morgan fingerprint density at radius 2 is 1.71 bits per heavy atom. The van der Waals surface area contributed by atoms with E-state index in [1.54, 1.807) is 0 Å². The molecule has 3 aromatic carbocycles. The lowest BCUT2D eigenvalue weighted by atomic mass is 9.99. The second kappa shape index (κ2) is 10.3. The zero-order chi connectivity index (χ0) is 21.5. The number of hydrogen-bond donors (Lipinski definition) is 1. The summed E-state index contributed by atoms with van der Waals surface area (Å²) < 4.78 is 5.80. The molecular formula is C27H30N2O2. The molecule has 3 aromatic rings. The van der Waals surface area contributed by atoms with Crippen molar-refractivity contribution < 1.29 is 9.53 Å². The molecule has 1 heterocycles. The summed E-state index contributed by atoms with van der Waals surface area (Å²) in [6.07, 6.45) is 2.60. The normalized spacial score (nSPS) is 16.6.